The monoisotopic (exact) mass is 263 g/mol. The fraction of sp³-hybridized carbons (Fsp3) is 0.500. The van der Waals surface area contributed by atoms with Gasteiger partial charge >= 0.3 is 26.2 Å². The van der Waals surface area contributed by atoms with Crippen molar-refractivity contribution in [2.45, 2.75) is 26.7 Å². The Morgan fingerprint density at radius 2 is 1.54 bits per heavy atom. The molecular formula is C10H15F2Zr. The third kappa shape index (κ3) is 8.42. The van der Waals surface area contributed by atoms with E-state index in [1.807, 2.05) is 0 Å². The molecule has 0 fully saturated rings. The van der Waals surface area contributed by atoms with Gasteiger partial charge in [-0.25, -0.2) is 12.1 Å². The molecule has 13 heavy (non-hydrogen) atoms. The molecule has 0 amide bonds. The van der Waals surface area contributed by atoms with E-state index in [1.165, 1.54) is 18.4 Å². The minimum Gasteiger partial charge on any atom is -1.00 e. The van der Waals surface area contributed by atoms with Gasteiger partial charge in [0.1, 0.15) is 0 Å². The molecule has 0 nitrogen and oxygen atoms in total. The standard InChI is InChI=1S/C10H15.2FH.Zr/c1-9(2)7-8-10-5-3-4-6-10;;;/h3-6,9H,7-8H2,1-2H3;2*1H;/q-1;;;+3/p-2. The molecular weight excluding hydrogens is 249 g/mol. The Balaban J connectivity index is -0.000000333. The third-order valence-corrected chi connectivity index (χ3v) is 1.74. The maximum Gasteiger partial charge on any atom is 3.00 e. The summed E-state index contributed by atoms with van der Waals surface area (Å²) in [6.45, 7) is 4.53. The summed E-state index contributed by atoms with van der Waals surface area (Å²) >= 11 is 0. The Bertz CT molecular complexity index is 171. The van der Waals surface area contributed by atoms with Crippen LogP contribution in [0.1, 0.15) is 25.8 Å². The average molecular weight is 264 g/mol. The molecule has 0 aromatic heterocycles. The molecule has 0 saturated carbocycles. The SMILES string of the molecule is CC(C)CC[c-]1cccc1.[F-].[F-].[Zr+3]. The summed E-state index contributed by atoms with van der Waals surface area (Å²) in [7, 11) is 0. The first-order chi connectivity index (χ1) is 4.79. The van der Waals surface area contributed by atoms with Crippen LogP contribution in [0.15, 0.2) is 24.3 Å². The Morgan fingerprint density at radius 3 is 1.92 bits per heavy atom. The van der Waals surface area contributed by atoms with Crippen molar-refractivity contribution in [2.75, 3.05) is 0 Å². The van der Waals surface area contributed by atoms with Gasteiger partial charge in [-0.1, -0.05) is 26.7 Å². The van der Waals surface area contributed by atoms with Gasteiger partial charge in [-0.05, 0) is 5.92 Å². The molecule has 0 unspecified atom stereocenters. The van der Waals surface area contributed by atoms with Gasteiger partial charge in [0.25, 0.3) is 0 Å². The predicted octanol–water partition coefficient (Wildman–Crippen LogP) is -3.00. The van der Waals surface area contributed by atoms with Crippen molar-refractivity contribution >= 4 is 0 Å². The van der Waals surface area contributed by atoms with Crippen LogP contribution in [0.25, 0.3) is 0 Å². The van der Waals surface area contributed by atoms with Gasteiger partial charge in [0.05, 0.1) is 0 Å². The van der Waals surface area contributed by atoms with Crippen LogP contribution in [-0.4, -0.2) is 0 Å². The van der Waals surface area contributed by atoms with Crippen molar-refractivity contribution < 1.29 is 35.6 Å². The van der Waals surface area contributed by atoms with Crippen molar-refractivity contribution in [3.8, 4) is 0 Å². The second-order valence-corrected chi connectivity index (χ2v) is 3.23. The van der Waals surface area contributed by atoms with Crippen LogP contribution >= 0.6 is 0 Å². The number of rotatable bonds is 3. The maximum atomic E-state index is 2.27. The van der Waals surface area contributed by atoms with E-state index in [4.69, 9.17) is 0 Å². The van der Waals surface area contributed by atoms with Gasteiger partial charge < -0.3 is 9.41 Å². The molecule has 0 atom stereocenters. The van der Waals surface area contributed by atoms with E-state index in [0.717, 1.165) is 5.92 Å². The van der Waals surface area contributed by atoms with Crippen molar-refractivity contribution in [2.24, 2.45) is 5.92 Å². The van der Waals surface area contributed by atoms with E-state index in [1.54, 1.807) is 0 Å². The van der Waals surface area contributed by atoms with Gasteiger partial charge in [0, 0.05) is 0 Å². The van der Waals surface area contributed by atoms with Gasteiger partial charge in [0.2, 0.25) is 0 Å². The van der Waals surface area contributed by atoms with Crippen molar-refractivity contribution in [3.63, 3.8) is 0 Å². The topological polar surface area (TPSA) is 0 Å². The number of halogens is 2. The zero-order valence-electron chi connectivity index (χ0n) is 8.06. The zero-order valence-corrected chi connectivity index (χ0v) is 10.5. The first-order valence-electron chi connectivity index (χ1n) is 3.99. The minimum absolute atomic E-state index is 0. The third-order valence-electron chi connectivity index (χ3n) is 1.74. The van der Waals surface area contributed by atoms with Crippen LogP contribution in [0.4, 0.5) is 0 Å². The normalized spacial score (nSPS) is 8.23. The summed E-state index contributed by atoms with van der Waals surface area (Å²) in [6, 6.07) is 8.61. The van der Waals surface area contributed by atoms with Gasteiger partial charge in [0.15, 0.2) is 0 Å². The Labute approximate surface area is 98.0 Å². The Morgan fingerprint density at radius 1 is 1.08 bits per heavy atom. The summed E-state index contributed by atoms with van der Waals surface area (Å²) in [4.78, 5) is 0. The molecule has 0 saturated heterocycles. The van der Waals surface area contributed by atoms with E-state index in [-0.39, 0.29) is 35.6 Å². The fourth-order valence-electron chi connectivity index (χ4n) is 1.04. The van der Waals surface area contributed by atoms with Gasteiger partial charge in [-0.15, -0.1) is 0 Å². The Kier molecular flexibility index (Phi) is 14.7. The first-order valence-corrected chi connectivity index (χ1v) is 3.99. The molecule has 1 aromatic rings. The van der Waals surface area contributed by atoms with Gasteiger partial charge in [-0.2, -0.15) is 17.7 Å². The van der Waals surface area contributed by atoms with Crippen molar-refractivity contribution in [3.05, 3.63) is 29.8 Å². The molecule has 0 aliphatic rings. The van der Waals surface area contributed by atoms with Gasteiger partial charge in [-0.3, -0.25) is 0 Å². The number of hydrogen-bond donors (Lipinski definition) is 0. The smallest absolute Gasteiger partial charge is 1.00 e. The van der Waals surface area contributed by atoms with Crippen LogP contribution in [0.3, 0.4) is 0 Å². The molecule has 1 aromatic carbocycles. The van der Waals surface area contributed by atoms with Crippen LogP contribution in [0.2, 0.25) is 0 Å². The van der Waals surface area contributed by atoms with Crippen molar-refractivity contribution in [1.82, 2.24) is 0 Å². The molecule has 3 heteroatoms. The predicted molar refractivity (Wildman–Crippen MR) is 45.2 cm³/mol. The molecule has 0 bridgehead atoms. The molecule has 1 rings (SSSR count). The summed E-state index contributed by atoms with van der Waals surface area (Å²) in [5.74, 6) is 0.829. The summed E-state index contributed by atoms with van der Waals surface area (Å²) in [5.41, 5.74) is 1.48. The summed E-state index contributed by atoms with van der Waals surface area (Å²) in [5, 5.41) is 0. The molecule has 0 N–H and O–H groups in total. The Hall–Kier alpha value is 0.0931. The molecule has 0 aliphatic carbocycles. The molecule has 0 spiro atoms. The molecule has 1 radical (unpaired) electrons. The summed E-state index contributed by atoms with van der Waals surface area (Å²) < 4.78 is 0. The van der Waals surface area contributed by atoms with Crippen LogP contribution < -0.4 is 9.41 Å². The van der Waals surface area contributed by atoms with Crippen LogP contribution in [0, 0.1) is 5.92 Å². The maximum absolute atomic E-state index is 2.27. The van der Waals surface area contributed by atoms with E-state index >= 15 is 0 Å². The largest absolute Gasteiger partial charge is 3.00 e. The number of aryl methyl sites for hydroxylation is 1. The first kappa shape index (κ1) is 18.8. The van der Waals surface area contributed by atoms with E-state index in [2.05, 4.69) is 38.1 Å². The minimum atomic E-state index is 0. The van der Waals surface area contributed by atoms with Crippen LogP contribution in [0.5, 0.6) is 0 Å². The van der Waals surface area contributed by atoms with E-state index in [9.17, 15) is 0 Å². The molecule has 73 valence electrons. The zero-order chi connectivity index (χ0) is 7.40. The quantitative estimate of drug-likeness (QED) is 0.511. The van der Waals surface area contributed by atoms with E-state index < -0.39 is 0 Å². The van der Waals surface area contributed by atoms with E-state index in [0.29, 0.717) is 0 Å². The summed E-state index contributed by atoms with van der Waals surface area (Å²) in [6.07, 6.45) is 2.55. The average Bonchev–Trinajstić information content (AvgIpc) is 2.34. The molecule has 0 aliphatic heterocycles. The second kappa shape index (κ2) is 10.2. The second-order valence-electron chi connectivity index (χ2n) is 3.23. The number of hydrogen-bond acceptors (Lipinski definition) is 0. The van der Waals surface area contributed by atoms with Crippen molar-refractivity contribution in [1.29, 1.82) is 0 Å². The van der Waals surface area contributed by atoms with Crippen LogP contribution in [-0.2, 0) is 32.6 Å². The fourth-order valence-corrected chi connectivity index (χ4v) is 1.04. The molecule has 0 heterocycles.